The maximum absolute atomic E-state index is 9.20. The van der Waals surface area contributed by atoms with Crippen LogP contribution in [0.4, 0.5) is 0 Å². The van der Waals surface area contributed by atoms with E-state index in [0.29, 0.717) is 5.92 Å². The summed E-state index contributed by atoms with van der Waals surface area (Å²) in [6.07, 6.45) is 3.85. The van der Waals surface area contributed by atoms with Gasteiger partial charge in [0, 0.05) is 0 Å². The van der Waals surface area contributed by atoms with Gasteiger partial charge in [-0.3, -0.25) is 0 Å². The van der Waals surface area contributed by atoms with Crippen molar-refractivity contribution in [1.29, 1.82) is 0 Å². The molecule has 2 rings (SSSR count). The highest BCUT2D eigenvalue weighted by atomic mass is 16.3. The van der Waals surface area contributed by atoms with Crippen molar-refractivity contribution in [2.75, 3.05) is 0 Å². The molecule has 74 valence electrons. The highest BCUT2D eigenvalue weighted by molar-refractivity contribution is 5.68. The van der Waals surface area contributed by atoms with Crippen LogP contribution in [-0.4, -0.2) is 5.11 Å². The summed E-state index contributed by atoms with van der Waals surface area (Å²) in [5, 5.41) is 9.20. The normalized spacial score (nSPS) is 16.4. The van der Waals surface area contributed by atoms with E-state index in [0.717, 1.165) is 11.1 Å². The Morgan fingerprint density at radius 3 is 2.64 bits per heavy atom. The molecule has 1 saturated carbocycles. The summed E-state index contributed by atoms with van der Waals surface area (Å²) in [4.78, 5) is 0. The zero-order valence-electron chi connectivity index (χ0n) is 8.37. The van der Waals surface area contributed by atoms with Gasteiger partial charge in [-0.05, 0) is 35.5 Å². The quantitative estimate of drug-likeness (QED) is 0.773. The first kappa shape index (κ1) is 9.47. The fourth-order valence-corrected chi connectivity index (χ4v) is 1.95. The summed E-state index contributed by atoms with van der Waals surface area (Å²) < 4.78 is 0. The third kappa shape index (κ3) is 1.60. The monoisotopic (exact) mass is 188 g/mol. The number of hydrogen-bond donors (Lipinski definition) is 1. The molecule has 0 amide bonds. The molecule has 1 heteroatoms. The molecule has 1 nitrogen and oxygen atoms in total. The van der Waals surface area contributed by atoms with Crippen LogP contribution < -0.4 is 0 Å². The van der Waals surface area contributed by atoms with Crippen molar-refractivity contribution in [2.45, 2.75) is 25.9 Å². The fraction of sp³-hybridized carbons (Fsp3) is 0.385. The van der Waals surface area contributed by atoms with E-state index in [2.05, 4.69) is 12.6 Å². The second-order valence-electron chi connectivity index (χ2n) is 3.97. The molecule has 14 heavy (non-hydrogen) atoms. The Kier molecular flexibility index (Phi) is 2.69. The molecule has 0 heterocycles. The molecule has 1 aromatic carbocycles. The van der Waals surface area contributed by atoms with Gasteiger partial charge in [0.1, 0.15) is 0 Å². The van der Waals surface area contributed by atoms with Gasteiger partial charge >= 0.3 is 0 Å². The summed E-state index contributed by atoms with van der Waals surface area (Å²) in [7, 11) is 0. The number of aliphatic hydroxyl groups is 1. The molecular weight excluding hydrogens is 172 g/mol. The first-order chi connectivity index (χ1) is 6.83. The van der Waals surface area contributed by atoms with Gasteiger partial charge in [0.05, 0.1) is 6.61 Å². The van der Waals surface area contributed by atoms with Gasteiger partial charge in [-0.1, -0.05) is 37.3 Å². The van der Waals surface area contributed by atoms with Crippen LogP contribution in [0.15, 0.2) is 30.8 Å². The first-order valence-corrected chi connectivity index (χ1v) is 5.21. The minimum absolute atomic E-state index is 0.113. The smallest absolute Gasteiger partial charge is 0.0687 e. The second kappa shape index (κ2) is 3.97. The van der Waals surface area contributed by atoms with Gasteiger partial charge < -0.3 is 5.11 Å². The van der Waals surface area contributed by atoms with Crippen LogP contribution in [0, 0.1) is 5.92 Å². The molecule has 0 unspecified atom stereocenters. The zero-order valence-corrected chi connectivity index (χ0v) is 8.37. The highest BCUT2D eigenvalue weighted by Crippen LogP contribution is 2.38. The van der Waals surface area contributed by atoms with Crippen LogP contribution in [0.3, 0.4) is 0 Å². The van der Waals surface area contributed by atoms with Crippen molar-refractivity contribution < 1.29 is 5.11 Å². The molecular formula is C13H16O. The summed E-state index contributed by atoms with van der Waals surface area (Å²) in [6, 6.07) is 8.01. The zero-order chi connectivity index (χ0) is 9.97. The minimum atomic E-state index is 0.113. The Labute approximate surface area is 85.1 Å². The van der Waals surface area contributed by atoms with Crippen molar-refractivity contribution in [3.63, 3.8) is 0 Å². The molecule has 1 fully saturated rings. The first-order valence-electron chi connectivity index (χ1n) is 5.21. The van der Waals surface area contributed by atoms with E-state index in [1.165, 1.54) is 24.8 Å². The number of aliphatic hydroxyl groups excluding tert-OH is 1. The predicted octanol–water partition coefficient (Wildman–Crippen LogP) is 2.99. The lowest BCUT2D eigenvalue weighted by atomic mass is 9.77. The van der Waals surface area contributed by atoms with Gasteiger partial charge in [-0.15, -0.1) is 0 Å². The van der Waals surface area contributed by atoms with Crippen LogP contribution in [0.5, 0.6) is 0 Å². The van der Waals surface area contributed by atoms with Gasteiger partial charge in [-0.2, -0.15) is 0 Å². The van der Waals surface area contributed by atoms with Gasteiger partial charge in [0.15, 0.2) is 0 Å². The Hall–Kier alpha value is -1.08. The van der Waals surface area contributed by atoms with Crippen molar-refractivity contribution >= 4 is 5.57 Å². The predicted molar refractivity (Wildman–Crippen MR) is 58.7 cm³/mol. The molecule has 0 spiro atoms. The molecule has 0 bridgehead atoms. The van der Waals surface area contributed by atoms with Gasteiger partial charge in [-0.25, -0.2) is 0 Å². The lowest BCUT2D eigenvalue weighted by Crippen LogP contribution is -2.13. The third-order valence-corrected chi connectivity index (χ3v) is 3.13. The van der Waals surface area contributed by atoms with E-state index in [1.807, 2.05) is 18.2 Å². The summed E-state index contributed by atoms with van der Waals surface area (Å²) in [6.45, 7) is 4.26. The van der Waals surface area contributed by atoms with Crippen LogP contribution in [0.1, 0.15) is 30.4 Å². The van der Waals surface area contributed by atoms with E-state index in [4.69, 9.17) is 0 Å². The number of allylic oxidation sites excluding steroid dienone is 1. The van der Waals surface area contributed by atoms with Gasteiger partial charge in [0.25, 0.3) is 0 Å². The maximum atomic E-state index is 9.20. The molecule has 1 aliphatic carbocycles. The van der Waals surface area contributed by atoms with E-state index in [-0.39, 0.29) is 6.61 Å². The average Bonchev–Trinajstić information content (AvgIpc) is 2.15. The van der Waals surface area contributed by atoms with Crippen molar-refractivity contribution in [3.8, 4) is 0 Å². The van der Waals surface area contributed by atoms with Crippen molar-refractivity contribution in [2.24, 2.45) is 5.92 Å². The molecule has 1 aromatic rings. The lowest BCUT2D eigenvalue weighted by Gasteiger charge is -2.28. The molecule has 0 atom stereocenters. The Bertz CT molecular complexity index is 337. The molecule has 0 aromatic heterocycles. The Morgan fingerprint density at radius 2 is 2.07 bits per heavy atom. The molecule has 1 N–H and O–H groups in total. The summed E-state index contributed by atoms with van der Waals surface area (Å²) in [5.74, 6) is 0.655. The van der Waals surface area contributed by atoms with Crippen LogP contribution >= 0.6 is 0 Å². The standard InChI is InChI=1S/C13H16O/c1-10(11-6-4-7-11)13-8-3-2-5-12(13)9-14/h2-3,5,8,11,14H,1,4,6-7,9H2. The van der Waals surface area contributed by atoms with E-state index in [1.54, 1.807) is 0 Å². The summed E-state index contributed by atoms with van der Waals surface area (Å²) in [5.41, 5.74) is 3.37. The molecule has 0 saturated heterocycles. The number of benzene rings is 1. The van der Waals surface area contributed by atoms with E-state index < -0.39 is 0 Å². The minimum Gasteiger partial charge on any atom is -0.392 e. The van der Waals surface area contributed by atoms with Crippen molar-refractivity contribution in [1.82, 2.24) is 0 Å². The molecule has 0 radical (unpaired) electrons. The molecule has 1 aliphatic rings. The van der Waals surface area contributed by atoms with Crippen LogP contribution in [0.2, 0.25) is 0 Å². The maximum Gasteiger partial charge on any atom is 0.0687 e. The Morgan fingerprint density at radius 1 is 1.36 bits per heavy atom. The van der Waals surface area contributed by atoms with Crippen LogP contribution in [0.25, 0.3) is 5.57 Å². The number of hydrogen-bond acceptors (Lipinski definition) is 1. The fourth-order valence-electron chi connectivity index (χ4n) is 1.95. The average molecular weight is 188 g/mol. The summed E-state index contributed by atoms with van der Waals surface area (Å²) >= 11 is 0. The Balaban J connectivity index is 2.25. The van der Waals surface area contributed by atoms with E-state index >= 15 is 0 Å². The van der Waals surface area contributed by atoms with E-state index in [9.17, 15) is 5.11 Å². The largest absolute Gasteiger partial charge is 0.392 e. The topological polar surface area (TPSA) is 20.2 Å². The third-order valence-electron chi connectivity index (χ3n) is 3.13. The number of rotatable bonds is 3. The van der Waals surface area contributed by atoms with Crippen molar-refractivity contribution in [3.05, 3.63) is 42.0 Å². The van der Waals surface area contributed by atoms with Crippen LogP contribution in [-0.2, 0) is 6.61 Å². The highest BCUT2D eigenvalue weighted by Gasteiger charge is 2.22. The SMILES string of the molecule is C=C(c1ccccc1CO)C1CCC1. The van der Waals surface area contributed by atoms with Gasteiger partial charge in [0.2, 0.25) is 0 Å². The lowest BCUT2D eigenvalue weighted by molar-refractivity contribution is 0.281. The second-order valence-corrected chi connectivity index (χ2v) is 3.97. The molecule has 0 aliphatic heterocycles.